The number of anilines is 1. The van der Waals surface area contributed by atoms with E-state index >= 15 is 0 Å². The van der Waals surface area contributed by atoms with Gasteiger partial charge in [-0.3, -0.25) is 4.79 Å². The van der Waals surface area contributed by atoms with Crippen LogP contribution in [0.5, 0.6) is 0 Å². The first-order valence-corrected chi connectivity index (χ1v) is 9.08. The van der Waals surface area contributed by atoms with Gasteiger partial charge in [-0.05, 0) is 60.3 Å². The molecule has 1 N–H and O–H groups in total. The fraction of sp³-hybridized carbons (Fsp3) is 0.467. The van der Waals surface area contributed by atoms with Gasteiger partial charge in [0.15, 0.2) is 0 Å². The fourth-order valence-corrected chi connectivity index (χ4v) is 4.14. The summed E-state index contributed by atoms with van der Waals surface area (Å²) in [6.07, 6.45) is 2.38. The van der Waals surface area contributed by atoms with Crippen molar-refractivity contribution in [2.45, 2.75) is 31.9 Å². The van der Waals surface area contributed by atoms with Gasteiger partial charge in [0.05, 0.1) is 10.9 Å². The van der Waals surface area contributed by atoms with Crippen LogP contribution in [0.25, 0.3) is 0 Å². The molecule has 0 radical (unpaired) electrons. The molecule has 1 aliphatic heterocycles. The molecule has 0 aliphatic carbocycles. The van der Waals surface area contributed by atoms with Crippen LogP contribution in [0.2, 0.25) is 0 Å². The van der Waals surface area contributed by atoms with Crippen molar-refractivity contribution in [3.63, 3.8) is 0 Å². The number of hydrogen-bond acceptors (Lipinski definition) is 3. The van der Waals surface area contributed by atoms with E-state index in [1.165, 1.54) is 24.6 Å². The Balaban J connectivity index is 1.91. The zero-order valence-electron chi connectivity index (χ0n) is 12.2. The molecular weight excluding hydrogens is 368 g/mol. The first kappa shape index (κ1) is 16.8. The van der Waals surface area contributed by atoms with Crippen molar-refractivity contribution < 1.29 is 4.79 Å². The van der Waals surface area contributed by atoms with Crippen molar-refractivity contribution in [1.82, 2.24) is 4.90 Å². The molecule has 1 heterocycles. The second kappa shape index (κ2) is 7.61. The molecule has 1 aromatic carbocycles. The van der Waals surface area contributed by atoms with Crippen LogP contribution in [0.1, 0.15) is 25.3 Å². The van der Waals surface area contributed by atoms with E-state index in [-0.39, 0.29) is 11.2 Å². The molecule has 1 atom stereocenters. The van der Waals surface area contributed by atoms with Crippen molar-refractivity contribution in [3.8, 4) is 0 Å². The maximum atomic E-state index is 12.3. The number of nitrogens with one attached hydrogen (secondary N) is 1. The third kappa shape index (κ3) is 4.69. The maximum absolute atomic E-state index is 12.3. The molecule has 2 rings (SSSR count). The number of halogens is 1. The number of hydrogen-bond donors (Lipinski definition) is 1. The highest BCUT2D eigenvalue weighted by atomic mass is 79.9. The lowest BCUT2D eigenvalue weighted by Gasteiger charge is -2.20. The minimum Gasteiger partial charge on any atom is -0.358 e. The van der Waals surface area contributed by atoms with Gasteiger partial charge in [0.25, 0.3) is 0 Å². The third-order valence-corrected chi connectivity index (χ3v) is 5.62. The van der Waals surface area contributed by atoms with E-state index in [0.29, 0.717) is 0 Å². The fourth-order valence-electron chi connectivity index (χ4n) is 2.13. The van der Waals surface area contributed by atoms with E-state index in [1.54, 1.807) is 0 Å². The second-order valence-corrected chi connectivity index (χ2v) is 8.02. The van der Waals surface area contributed by atoms with E-state index in [9.17, 15) is 4.79 Å². The Labute approximate surface area is 144 Å². The van der Waals surface area contributed by atoms with E-state index in [0.717, 1.165) is 33.1 Å². The van der Waals surface area contributed by atoms with E-state index in [2.05, 4.69) is 26.1 Å². The number of aryl methyl sites for hydroxylation is 1. The van der Waals surface area contributed by atoms with Crippen LogP contribution in [0.15, 0.2) is 22.7 Å². The number of rotatable bonds is 3. The lowest BCUT2D eigenvalue weighted by atomic mass is 10.2. The number of thiocarbonyl (C=S) groups is 1. The Hall–Kier alpha value is -0.590. The Kier molecular flexibility index (Phi) is 6.08. The molecular formula is C15H19BrN2OS2. The summed E-state index contributed by atoms with van der Waals surface area (Å²) in [5, 5.41) is 2.75. The minimum absolute atomic E-state index is 0.0221. The van der Waals surface area contributed by atoms with Crippen molar-refractivity contribution in [2.24, 2.45) is 0 Å². The van der Waals surface area contributed by atoms with Gasteiger partial charge in [-0.25, -0.2) is 0 Å². The molecule has 0 aromatic heterocycles. The summed E-state index contributed by atoms with van der Waals surface area (Å²) >= 11 is 10.4. The van der Waals surface area contributed by atoms with Crippen LogP contribution in [-0.2, 0) is 4.79 Å². The van der Waals surface area contributed by atoms with Gasteiger partial charge in [0, 0.05) is 17.6 Å². The van der Waals surface area contributed by atoms with Gasteiger partial charge in [-0.1, -0.05) is 30.0 Å². The highest BCUT2D eigenvalue weighted by Crippen LogP contribution is 2.25. The molecule has 0 bridgehead atoms. The number of thioether (sulfide) groups is 1. The van der Waals surface area contributed by atoms with Crippen LogP contribution in [0.3, 0.4) is 0 Å². The van der Waals surface area contributed by atoms with Crippen LogP contribution >= 0.6 is 39.9 Å². The number of nitrogens with zero attached hydrogens (tertiary/aromatic N) is 1. The van der Waals surface area contributed by atoms with Gasteiger partial charge in [0.1, 0.15) is 4.32 Å². The van der Waals surface area contributed by atoms with Crippen molar-refractivity contribution in [1.29, 1.82) is 0 Å². The largest absolute Gasteiger partial charge is 0.358 e. The van der Waals surface area contributed by atoms with Gasteiger partial charge in [-0.15, -0.1) is 0 Å². The molecule has 6 heteroatoms. The maximum Gasteiger partial charge on any atom is 0.237 e. The minimum atomic E-state index is -0.202. The lowest BCUT2D eigenvalue weighted by Crippen LogP contribution is -2.29. The van der Waals surface area contributed by atoms with Crippen LogP contribution in [-0.4, -0.2) is 33.5 Å². The molecule has 1 amide bonds. The van der Waals surface area contributed by atoms with Crippen molar-refractivity contribution in [2.75, 3.05) is 18.4 Å². The highest BCUT2D eigenvalue weighted by molar-refractivity contribution is 9.10. The first-order chi connectivity index (χ1) is 9.97. The smallest absolute Gasteiger partial charge is 0.237 e. The standard InChI is InChI=1S/C15H19BrN2OS2/c1-10-5-6-13(12(16)9-10)17-14(19)11(2)21-15(20)18-7-3-4-8-18/h5-6,9,11H,3-4,7-8H2,1-2H3,(H,17,19)/t11-/m0/s1. The van der Waals surface area contributed by atoms with E-state index in [1.807, 2.05) is 32.0 Å². The van der Waals surface area contributed by atoms with E-state index in [4.69, 9.17) is 12.2 Å². The van der Waals surface area contributed by atoms with Crippen LogP contribution in [0, 0.1) is 6.92 Å². The predicted molar refractivity (Wildman–Crippen MR) is 98.0 cm³/mol. The number of likely N-dealkylation sites (tertiary alicyclic amines) is 1. The average molecular weight is 387 g/mol. The number of carbonyl (C=O) groups excluding carboxylic acids is 1. The highest BCUT2D eigenvalue weighted by Gasteiger charge is 2.21. The monoisotopic (exact) mass is 386 g/mol. The van der Waals surface area contributed by atoms with Gasteiger partial charge >= 0.3 is 0 Å². The van der Waals surface area contributed by atoms with Gasteiger partial charge in [-0.2, -0.15) is 0 Å². The SMILES string of the molecule is Cc1ccc(NC(=O)[C@H](C)SC(=S)N2CCCC2)c(Br)c1. The summed E-state index contributed by atoms with van der Waals surface area (Å²) in [6.45, 7) is 5.95. The lowest BCUT2D eigenvalue weighted by molar-refractivity contribution is -0.115. The summed E-state index contributed by atoms with van der Waals surface area (Å²) in [5.41, 5.74) is 1.95. The first-order valence-electron chi connectivity index (χ1n) is 7.00. The Morgan fingerprint density at radius 2 is 2.10 bits per heavy atom. The van der Waals surface area contributed by atoms with Crippen molar-refractivity contribution >= 4 is 55.8 Å². The molecule has 3 nitrogen and oxygen atoms in total. The summed E-state index contributed by atoms with van der Waals surface area (Å²) in [7, 11) is 0. The molecule has 21 heavy (non-hydrogen) atoms. The number of amides is 1. The van der Waals surface area contributed by atoms with Crippen LogP contribution in [0.4, 0.5) is 5.69 Å². The molecule has 1 aliphatic rings. The third-order valence-electron chi connectivity index (χ3n) is 3.39. The molecule has 1 fully saturated rings. The van der Waals surface area contributed by atoms with Gasteiger partial charge < -0.3 is 10.2 Å². The Bertz CT molecular complexity index is 544. The van der Waals surface area contributed by atoms with Crippen molar-refractivity contribution in [3.05, 3.63) is 28.2 Å². The molecule has 0 spiro atoms. The van der Waals surface area contributed by atoms with Gasteiger partial charge in [0.2, 0.25) is 5.91 Å². The molecule has 1 aromatic rings. The Morgan fingerprint density at radius 1 is 1.43 bits per heavy atom. The molecule has 0 unspecified atom stereocenters. The zero-order valence-corrected chi connectivity index (χ0v) is 15.4. The van der Waals surface area contributed by atoms with E-state index < -0.39 is 0 Å². The average Bonchev–Trinajstić information content (AvgIpc) is 2.95. The summed E-state index contributed by atoms with van der Waals surface area (Å²) in [4.78, 5) is 14.5. The van der Waals surface area contributed by atoms with Crippen LogP contribution < -0.4 is 5.32 Å². The summed E-state index contributed by atoms with van der Waals surface area (Å²) < 4.78 is 1.73. The predicted octanol–water partition coefficient (Wildman–Crippen LogP) is 4.20. The molecule has 1 saturated heterocycles. The normalized spacial score (nSPS) is 15.9. The molecule has 114 valence electrons. The second-order valence-electron chi connectivity index (χ2n) is 5.19. The molecule has 0 saturated carbocycles. The summed E-state index contributed by atoms with van der Waals surface area (Å²) in [6, 6.07) is 5.88. The quantitative estimate of drug-likeness (QED) is 0.788. The Morgan fingerprint density at radius 3 is 2.71 bits per heavy atom. The summed E-state index contributed by atoms with van der Waals surface area (Å²) in [5.74, 6) is -0.0221. The topological polar surface area (TPSA) is 32.3 Å². The number of carbonyl (C=O) groups is 1. The number of benzene rings is 1. The zero-order chi connectivity index (χ0) is 15.4.